The Kier molecular flexibility index (Phi) is 6.36. The molecule has 2 aromatic carbocycles. The minimum atomic E-state index is -1.63. The molecule has 3 heterocycles. The zero-order chi connectivity index (χ0) is 25.6. The van der Waals surface area contributed by atoms with E-state index >= 15 is 0 Å². The molecule has 0 aliphatic carbocycles. The number of hydrogen-bond donors (Lipinski definition) is 4. The van der Waals surface area contributed by atoms with Crippen LogP contribution in [0.1, 0.15) is 0 Å². The monoisotopic (exact) mass is 504 g/mol. The van der Waals surface area contributed by atoms with Crippen LogP contribution in [0.5, 0.6) is 28.7 Å². The molecule has 5 rings (SSSR count). The Morgan fingerprint density at radius 2 is 1.61 bits per heavy atom. The Labute approximate surface area is 203 Å². The van der Waals surface area contributed by atoms with Crippen molar-refractivity contribution in [1.82, 2.24) is 0 Å². The van der Waals surface area contributed by atoms with Gasteiger partial charge in [0.25, 0.3) is 0 Å². The zero-order valence-electron chi connectivity index (χ0n) is 19.2. The Bertz CT molecular complexity index is 1330. The first-order valence-electron chi connectivity index (χ1n) is 10.9. The van der Waals surface area contributed by atoms with Gasteiger partial charge in [0.15, 0.2) is 23.0 Å². The lowest BCUT2D eigenvalue weighted by molar-refractivity contribution is -0.277. The summed E-state index contributed by atoms with van der Waals surface area (Å²) in [5, 5.41) is 39.9. The quantitative estimate of drug-likeness (QED) is 0.365. The molecule has 1 aromatic heterocycles. The molecule has 5 atom stereocenters. The minimum Gasteiger partial charge on any atom is -0.496 e. The molecule has 0 spiro atoms. The standard InChI is InChI=1S/C24H24O12/c1-30-13-5-17-16(33-9-34-17)3-10(13)12-8-32-14-6-18(15(31-2)4-11(14)20(12)26)35-24-23(29)22(28)21(27)19(7-25)36-24/h3-6,8,19,21-25,27-29H,7,9H2,1-2H3. The largest absolute Gasteiger partial charge is 0.496 e. The van der Waals surface area contributed by atoms with Crippen LogP contribution in [-0.2, 0) is 4.74 Å². The summed E-state index contributed by atoms with van der Waals surface area (Å²) in [6.07, 6.45) is -6.11. The maximum Gasteiger partial charge on any atom is 0.231 e. The van der Waals surface area contributed by atoms with E-state index in [-0.39, 0.29) is 40.3 Å². The molecule has 0 bridgehead atoms. The molecule has 4 N–H and O–H groups in total. The summed E-state index contributed by atoms with van der Waals surface area (Å²) < 4.78 is 38.4. The van der Waals surface area contributed by atoms with E-state index in [1.165, 1.54) is 32.6 Å². The van der Waals surface area contributed by atoms with Crippen LogP contribution in [0.4, 0.5) is 0 Å². The molecule has 0 saturated carbocycles. The van der Waals surface area contributed by atoms with Gasteiger partial charge in [0, 0.05) is 17.7 Å². The van der Waals surface area contributed by atoms with Crippen molar-refractivity contribution < 1.29 is 53.3 Å². The third kappa shape index (κ3) is 3.98. The molecule has 3 aromatic rings. The topological polar surface area (TPSA) is 167 Å². The summed E-state index contributed by atoms with van der Waals surface area (Å²) in [7, 11) is 2.82. The number of aliphatic hydroxyl groups excluding tert-OH is 4. The molecular formula is C24H24O12. The smallest absolute Gasteiger partial charge is 0.231 e. The predicted octanol–water partition coefficient (Wildman–Crippen LogP) is 0.385. The second-order valence-corrected chi connectivity index (χ2v) is 8.20. The minimum absolute atomic E-state index is 0.0332. The summed E-state index contributed by atoms with van der Waals surface area (Å²) in [5.41, 5.74) is 0.412. The second-order valence-electron chi connectivity index (χ2n) is 8.20. The first-order chi connectivity index (χ1) is 17.4. The average Bonchev–Trinajstić information content (AvgIpc) is 3.35. The van der Waals surface area contributed by atoms with Crippen molar-refractivity contribution in [3.8, 4) is 39.9 Å². The lowest BCUT2D eigenvalue weighted by Crippen LogP contribution is -2.60. The summed E-state index contributed by atoms with van der Waals surface area (Å²) in [6, 6.07) is 6.04. The van der Waals surface area contributed by atoms with Crippen molar-refractivity contribution in [2.24, 2.45) is 0 Å². The number of hydrogen-bond acceptors (Lipinski definition) is 12. The van der Waals surface area contributed by atoms with Gasteiger partial charge < -0.3 is 53.3 Å². The van der Waals surface area contributed by atoms with Gasteiger partial charge in [0.2, 0.25) is 18.5 Å². The third-order valence-electron chi connectivity index (χ3n) is 6.14. The van der Waals surface area contributed by atoms with Crippen molar-refractivity contribution in [2.75, 3.05) is 27.6 Å². The molecule has 5 unspecified atom stereocenters. The zero-order valence-corrected chi connectivity index (χ0v) is 19.2. The summed E-state index contributed by atoms with van der Waals surface area (Å²) in [5.74, 6) is 1.50. The third-order valence-corrected chi connectivity index (χ3v) is 6.14. The summed E-state index contributed by atoms with van der Waals surface area (Å²) in [6.45, 7) is -0.552. The van der Waals surface area contributed by atoms with Gasteiger partial charge in [-0.25, -0.2) is 0 Å². The molecule has 12 heteroatoms. The van der Waals surface area contributed by atoms with E-state index < -0.39 is 37.3 Å². The van der Waals surface area contributed by atoms with Crippen LogP contribution in [0.3, 0.4) is 0 Å². The molecule has 36 heavy (non-hydrogen) atoms. The van der Waals surface area contributed by atoms with Gasteiger partial charge in [-0.05, 0) is 12.1 Å². The van der Waals surface area contributed by atoms with Crippen molar-refractivity contribution in [3.63, 3.8) is 0 Å². The first kappa shape index (κ1) is 24.2. The lowest BCUT2D eigenvalue weighted by atomic mass is 9.99. The summed E-state index contributed by atoms with van der Waals surface area (Å²) >= 11 is 0. The fourth-order valence-corrected chi connectivity index (χ4v) is 4.17. The maximum atomic E-state index is 13.4. The van der Waals surface area contributed by atoms with Gasteiger partial charge in [-0.15, -0.1) is 0 Å². The van der Waals surface area contributed by atoms with Gasteiger partial charge in [0.1, 0.15) is 42.0 Å². The van der Waals surface area contributed by atoms with Crippen LogP contribution >= 0.6 is 0 Å². The van der Waals surface area contributed by atoms with Crippen molar-refractivity contribution in [1.29, 1.82) is 0 Å². The molecular weight excluding hydrogens is 480 g/mol. The molecule has 12 nitrogen and oxygen atoms in total. The Morgan fingerprint density at radius 1 is 0.889 bits per heavy atom. The van der Waals surface area contributed by atoms with E-state index in [9.17, 15) is 25.2 Å². The van der Waals surface area contributed by atoms with Gasteiger partial charge in [-0.2, -0.15) is 0 Å². The van der Waals surface area contributed by atoms with Gasteiger partial charge in [-0.1, -0.05) is 0 Å². The van der Waals surface area contributed by atoms with E-state index in [4.69, 9.17) is 32.8 Å². The van der Waals surface area contributed by atoms with Crippen LogP contribution in [0.2, 0.25) is 0 Å². The van der Waals surface area contributed by atoms with Gasteiger partial charge in [0.05, 0.1) is 31.8 Å². The summed E-state index contributed by atoms with van der Waals surface area (Å²) in [4.78, 5) is 13.4. The molecule has 0 radical (unpaired) electrons. The second kappa shape index (κ2) is 9.48. The molecule has 192 valence electrons. The molecule has 2 aliphatic rings. The fraction of sp³-hybridized carbons (Fsp3) is 0.375. The highest BCUT2D eigenvalue weighted by molar-refractivity contribution is 5.86. The van der Waals surface area contributed by atoms with Gasteiger partial charge >= 0.3 is 0 Å². The van der Waals surface area contributed by atoms with Crippen molar-refractivity contribution >= 4 is 11.0 Å². The predicted molar refractivity (Wildman–Crippen MR) is 122 cm³/mol. The van der Waals surface area contributed by atoms with E-state index in [0.717, 1.165) is 0 Å². The Balaban J connectivity index is 1.54. The Hall–Kier alpha value is -3.55. The highest BCUT2D eigenvalue weighted by Gasteiger charge is 2.45. The number of methoxy groups -OCH3 is 2. The van der Waals surface area contributed by atoms with Gasteiger partial charge in [-0.3, -0.25) is 4.79 Å². The lowest BCUT2D eigenvalue weighted by Gasteiger charge is -2.39. The molecule has 0 amide bonds. The first-order valence-corrected chi connectivity index (χ1v) is 10.9. The normalized spacial score (nSPS) is 25.1. The number of rotatable bonds is 6. The fourth-order valence-electron chi connectivity index (χ4n) is 4.17. The molecule has 2 aliphatic heterocycles. The highest BCUT2D eigenvalue weighted by atomic mass is 16.7. The van der Waals surface area contributed by atoms with Crippen LogP contribution < -0.4 is 29.1 Å². The number of fused-ring (bicyclic) bond motifs is 2. The maximum absolute atomic E-state index is 13.4. The van der Waals surface area contributed by atoms with E-state index in [1.807, 2.05) is 0 Å². The molecule has 1 fully saturated rings. The van der Waals surface area contributed by atoms with Crippen molar-refractivity contribution in [3.05, 3.63) is 40.8 Å². The van der Waals surface area contributed by atoms with E-state index in [1.54, 1.807) is 12.1 Å². The van der Waals surface area contributed by atoms with E-state index in [0.29, 0.717) is 22.8 Å². The van der Waals surface area contributed by atoms with Crippen LogP contribution in [0, 0.1) is 0 Å². The number of benzene rings is 2. The Morgan fingerprint density at radius 3 is 2.31 bits per heavy atom. The SMILES string of the molecule is COc1cc2c(=O)c(-c3cc4c(cc3OC)OCO4)coc2cc1OC1OC(CO)C(O)C(O)C1O. The van der Waals surface area contributed by atoms with Crippen molar-refractivity contribution in [2.45, 2.75) is 30.7 Å². The van der Waals surface area contributed by atoms with E-state index in [2.05, 4.69) is 0 Å². The molecule has 1 saturated heterocycles. The average molecular weight is 504 g/mol. The van der Waals surface area contributed by atoms with Crippen LogP contribution in [0.15, 0.2) is 39.7 Å². The van der Waals surface area contributed by atoms with Crippen LogP contribution in [-0.4, -0.2) is 78.8 Å². The van der Waals surface area contributed by atoms with Crippen LogP contribution in [0.25, 0.3) is 22.1 Å². The number of aliphatic hydroxyl groups is 4. The number of ether oxygens (including phenoxy) is 6. The highest BCUT2D eigenvalue weighted by Crippen LogP contribution is 2.42.